The normalized spacial score (nSPS) is 11.4. The van der Waals surface area contributed by atoms with Crippen LogP contribution in [0.25, 0.3) is 0 Å². The molecular formula is C19H22N2O4. The molecule has 0 saturated carbocycles. The molecule has 6 nitrogen and oxygen atoms in total. The summed E-state index contributed by atoms with van der Waals surface area (Å²) in [6.45, 7) is 1.77. The molecule has 2 aromatic carbocycles. The van der Waals surface area contributed by atoms with Crippen molar-refractivity contribution in [1.29, 1.82) is 0 Å². The maximum atomic E-state index is 12.5. The van der Waals surface area contributed by atoms with Gasteiger partial charge >= 0.3 is 0 Å². The van der Waals surface area contributed by atoms with Gasteiger partial charge in [-0.05, 0) is 42.3 Å². The molecule has 2 aromatic rings. The predicted molar refractivity (Wildman–Crippen MR) is 94.6 cm³/mol. The summed E-state index contributed by atoms with van der Waals surface area (Å²) < 4.78 is 10.4. The summed E-state index contributed by atoms with van der Waals surface area (Å²) >= 11 is 0. The van der Waals surface area contributed by atoms with Gasteiger partial charge in [0.2, 0.25) is 0 Å². The van der Waals surface area contributed by atoms with Crippen LogP contribution >= 0.6 is 0 Å². The van der Waals surface area contributed by atoms with Gasteiger partial charge in [-0.3, -0.25) is 9.59 Å². The Labute approximate surface area is 146 Å². The van der Waals surface area contributed by atoms with Gasteiger partial charge in [0.1, 0.15) is 11.5 Å². The van der Waals surface area contributed by atoms with Crippen LogP contribution in [0.15, 0.2) is 48.5 Å². The molecule has 0 bridgehead atoms. The third kappa shape index (κ3) is 5.24. The van der Waals surface area contributed by atoms with Gasteiger partial charge in [0.15, 0.2) is 6.61 Å². The molecule has 2 rings (SSSR count). The molecule has 132 valence electrons. The van der Waals surface area contributed by atoms with E-state index < -0.39 is 5.91 Å². The van der Waals surface area contributed by atoms with Crippen LogP contribution in [0.1, 0.15) is 35.3 Å². The molecule has 25 heavy (non-hydrogen) atoms. The Bertz CT molecular complexity index is 728. The lowest BCUT2D eigenvalue weighted by atomic mass is 10.0. The summed E-state index contributed by atoms with van der Waals surface area (Å²) in [5, 5.41) is 3.00. The van der Waals surface area contributed by atoms with E-state index in [0.29, 0.717) is 11.3 Å². The maximum absolute atomic E-state index is 12.5. The first-order valence-corrected chi connectivity index (χ1v) is 7.99. The number of rotatable bonds is 8. The minimum Gasteiger partial charge on any atom is -0.497 e. The van der Waals surface area contributed by atoms with Crippen molar-refractivity contribution in [3.8, 4) is 11.5 Å². The molecular weight excluding hydrogens is 320 g/mol. The number of ether oxygens (including phenoxy) is 2. The third-order valence-corrected chi connectivity index (χ3v) is 3.71. The molecule has 0 radical (unpaired) electrons. The second kappa shape index (κ2) is 8.73. The van der Waals surface area contributed by atoms with Crippen LogP contribution in [0.4, 0.5) is 0 Å². The van der Waals surface area contributed by atoms with Crippen LogP contribution < -0.4 is 20.5 Å². The van der Waals surface area contributed by atoms with Crippen molar-refractivity contribution in [2.45, 2.75) is 19.4 Å². The summed E-state index contributed by atoms with van der Waals surface area (Å²) in [7, 11) is 1.61. The lowest BCUT2D eigenvalue weighted by Crippen LogP contribution is -2.28. The Morgan fingerprint density at radius 3 is 2.44 bits per heavy atom. The second-order valence-electron chi connectivity index (χ2n) is 5.49. The standard InChI is InChI=1S/C19H22N2O4/c1-3-17(13-7-9-15(24-2)10-8-13)21-19(23)14-5-4-6-16(11-14)25-12-18(20)22/h4-11,17H,3,12H2,1-2H3,(H2,20,22)(H,21,23). The van der Waals surface area contributed by atoms with E-state index in [2.05, 4.69) is 5.32 Å². The van der Waals surface area contributed by atoms with E-state index in [1.807, 2.05) is 31.2 Å². The Kier molecular flexibility index (Phi) is 6.39. The van der Waals surface area contributed by atoms with Crippen LogP contribution in [-0.2, 0) is 4.79 Å². The molecule has 1 atom stereocenters. The summed E-state index contributed by atoms with van der Waals surface area (Å²) in [6.07, 6.45) is 0.746. The minimum atomic E-state index is -0.569. The Morgan fingerprint density at radius 1 is 1.12 bits per heavy atom. The van der Waals surface area contributed by atoms with Crippen molar-refractivity contribution in [2.24, 2.45) is 5.73 Å². The first kappa shape index (κ1) is 18.3. The highest BCUT2D eigenvalue weighted by molar-refractivity contribution is 5.94. The number of amides is 2. The average molecular weight is 342 g/mol. The summed E-state index contributed by atoms with van der Waals surface area (Å²) in [5.74, 6) is 0.403. The van der Waals surface area contributed by atoms with E-state index in [9.17, 15) is 9.59 Å². The predicted octanol–water partition coefficient (Wildman–Crippen LogP) is 2.44. The van der Waals surface area contributed by atoms with Crippen LogP contribution in [-0.4, -0.2) is 25.5 Å². The van der Waals surface area contributed by atoms with Crippen molar-refractivity contribution in [2.75, 3.05) is 13.7 Å². The molecule has 0 aliphatic heterocycles. The van der Waals surface area contributed by atoms with E-state index >= 15 is 0 Å². The van der Waals surface area contributed by atoms with E-state index in [1.54, 1.807) is 31.4 Å². The number of carbonyl (C=O) groups is 2. The number of carbonyl (C=O) groups excluding carboxylic acids is 2. The third-order valence-electron chi connectivity index (χ3n) is 3.71. The van der Waals surface area contributed by atoms with Crippen LogP contribution in [0, 0.1) is 0 Å². The molecule has 0 heterocycles. The fraction of sp³-hybridized carbons (Fsp3) is 0.263. The zero-order valence-electron chi connectivity index (χ0n) is 14.3. The summed E-state index contributed by atoms with van der Waals surface area (Å²) in [4.78, 5) is 23.3. The Hall–Kier alpha value is -3.02. The smallest absolute Gasteiger partial charge is 0.255 e. The highest BCUT2D eigenvalue weighted by Crippen LogP contribution is 2.21. The van der Waals surface area contributed by atoms with E-state index in [1.165, 1.54) is 0 Å². The van der Waals surface area contributed by atoms with Gasteiger partial charge in [0, 0.05) is 5.56 Å². The second-order valence-corrected chi connectivity index (χ2v) is 5.49. The van der Waals surface area contributed by atoms with Gasteiger partial charge in [-0.15, -0.1) is 0 Å². The largest absolute Gasteiger partial charge is 0.497 e. The van der Waals surface area contributed by atoms with Gasteiger partial charge in [0.25, 0.3) is 11.8 Å². The molecule has 6 heteroatoms. The van der Waals surface area contributed by atoms with Gasteiger partial charge in [-0.25, -0.2) is 0 Å². The van der Waals surface area contributed by atoms with Crippen molar-refractivity contribution >= 4 is 11.8 Å². The number of nitrogens with two attached hydrogens (primary N) is 1. The fourth-order valence-electron chi connectivity index (χ4n) is 2.38. The molecule has 0 aliphatic rings. The Balaban J connectivity index is 2.08. The highest BCUT2D eigenvalue weighted by atomic mass is 16.5. The topological polar surface area (TPSA) is 90.6 Å². The van der Waals surface area contributed by atoms with Crippen molar-refractivity contribution in [1.82, 2.24) is 5.32 Å². The lowest BCUT2D eigenvalue weighted by molar-refractivity contribution is -0.119. The molecule has 3 N–H and O–H groups in total. The van der Waals surface area contributed by atoms with Crippen LogP contribution in [0.3, 0.4) is 0 Å². The number of methoxy groups -OCH3 is 1. The molecule has 0 saturated heterocycles. The summed E-state index contributed by atoms with van der Waals surface area (Å²) in [5.41, 5.74) is 6.51. The average Bonchev–Trinajstić information content (AvgIpc) is 2.64. The van der Waals surface area contributed by atoms with E-state index in [-0.39, 0.29) is 18.6 Å². The zero-order chi connectivity index (χ0) is 18.2. The number of primary amides is 1. The number of benzene rings is 2. The highest BCUT2D eigenvalue weighted by Gasteiger charge is 2.15. The van der Waals surface area contributed by atoms with Gasteiger partial charge in [0.05, 0.1) is 13.2 Å². The Morgan fingerprint density at radius 2 is 1.84 bits per heavy atom. The van der Waals surface area contributed by atoms with Gasteiger partial charge < -0.3 is 20.5 Å². The maximum Gasteiger partial charge on any atom is 0.255 e. The minimum absolute atomic E-state index is 0.117. The number of hydrogen-bond acceptors (Lipinski definition) is 4. The molecule has 0 aromatic heterocycles. The van der Waals surface area contributed by atoms with Crippen molar-refractivity contribution < 1.29 is 19.1 Å². The lowest BCUT2D eigenvalue weighted by Gasteiger charge is -2.18. The van der Waals surface area contributed by atoms with Gasteiger partial charge in [-0.2, -0.15) is 0 Å². The van der Waals surface area contributed by atoms with E-state index in [4.69, 9.17) is 15.2 Å². The fourth-order valence-corrected chi connectivity index (χ4v) is 2.38. The molecule has 0 aliphatic carbocycles. The number of hydrogen-bond donors (Lipinski definition) is 2. The van der Waals surface area contributed by atoms with E-state index in [0.717, 1.165) is 17.7 Å². The zero-order valence-corrected chi connectivity index (χ0v) is 14.3. The SMILES string of the molecule is CCC(NC(=O)c1cccc(OCC(N)=O)c1)c1ccc(OC)cc1. The van der Waals surface area contributed by atoms with Crippen LogP contribution in [0.2, 0.25) is 0 Å². The molecule has 1 unspecified atom stereocenters. The number of nitrogens with one attached hydrogen (secondary N) is 1. The molecule has 0 spiro atoms. The van der Waals surface area contributed by atoms with Crippen molar-refractivity contribution in [3.63, 3.8) is 0 Å². The first-order valence-electron chi connectivity index (χ1n) is 7.99. The van der Waals surface area contributed by atoms with Crippen molar-refractivity contribution in [3.05, 3.63) is 59.7 Å². The quantitative estimate of drug-likeness (QED) is 0.771. The summed E-state index contributed by atoms with van der Waals surface area (Å²) in [6, 6.07) is 14.1. The van der Waals surface area contributed by atoms with Crippen LogP contribution in [0.5, 0.6) is 11.5 Å². The monoisotopic (exact) mass is 342 g/mol. The van der Waals surface area contributed by atoms with Gasteiger partial charge in [-0.1, -0.05) is 25.1 Å². The molecule has 0 fully saturated rings. The first-order chi connectivity index (χ1) is 12.0. The molecule has 2 amide bonds.